The van der Waals surface area contributed by atoms with E-state index in [4.69, 9.17) is 16.3 Å². The molecule has 1 aliphatic rings. The average Bonchev–Trinajstić information content (AvgIpc) is 3.22. The second-order valence-corrected chi connectivity index (χ2v) is 7.76. The zero-order valence-corrected chi connectivity index (χ0v) is 17.1. The van der Waals surface area contributed by atoms with Crippen molar-refractivity contribution in [2.75, 3.05) is 20.2 Å². The number of fused-ring (bicyclic) bond motifs is 2. The summed E-state index contributed by atoms with van der Waals surface area (Å²) in [6.07, 6.45) is 6.68. The number of halogens is 1. The van der Waals surface area contributed by atoms with E-state index < -0.39 is 0 Å². The van der Waals surface area contributed by atoms with Gasteiger partial charge in [-0.05, 0) is 31.0 Å². The Kier molecular flexibility index (Phi) is 4.71. The summed E-state index contributed by atoms with van der Waals surface area (Å²) in [4.78, 5) is 28.3. The van der Waals surface area contributed by atoms with E-state index in [-0.39, 0.29) is 11.8 Å². The first-order valence-electron chi connectivity index (χ1n) is 9.72. The van der Waals surface area contributed by atoms with Crippen molar-refractivity contribution in [2.24, 2.45) is 0 Å². The van der Waals surface area contributed by atoms with Crippen LogP contribution in [-0.4, -0.2) is 56.2 Å². The number of nitrogens with zero attached hydrogens (tertiary/aromatic N) is 5. The van der Waals surface area contributed by atoms with E-state index in [0.717, 1.165) is 29.4 Å². The van der Waals surface area contributed by atoms with E-state index in [9.17, 15) is 4.79 Å². The van der Waals surface area contributed by atoms with Gasteiger partial charge in [0.1, 0.15) is 16.8 Å². The van der Waals surface area contributed by atoms with Crippen molar-refractivity contribution < 1.29 is 9.53 Å². The standard InChI is InChI=1S/C21H19ClN6O2/c1-30-19-14-5-4-13(22)9-16(14)25-10-15(19)21(29)28-8-2-3-12(11-28)17-18-20(27-26-17)24-7-6-23-18/h4-7,9-10,12H,2-3,8,11H2,1H3,(H,24,26,27). The molecule has 0 aliphatic carbocycles. The predicted octanol–water partition coefficient (Wildman–Crippen LogP) is 3.58. The molecule has 1 unspecified atom stereocenters. The Hall–Kier alpha value is -3.26. The number of rotatable bonds is 3. The van der Waals surface area contributed by atoms with Crippen LogP contribution in [0.1, 0.15) is 34.8 Å². The minimum absolute atomic E-state index is 0.101. The van der Waals surface area contributed by atoms with E-state index in [1.165, 1.54) is 0 Å². The van der Waals surface area contributed by atoms with Crippen LogP contribution < -0.4 is 4.74 Å². The number of hydrogen-bond donors (Lipinski definition) is 1. The van der Waals surface area contributed by atoms with Crippen molar-refractivity contribution in [2.45, 2.75) is 18.8 Å². The molecule has 1 amide bonds. The molecule has 1 aliphatic heterocycles. The summed E-state index contributed by atoms with van der Waals surface area (Å²) >= 11 is 6.07. The third kappa shape index (κ3) is 3.13. The van der Waals surface area contributed by atoms with Gasteiger partial charge in [-0.1, -0.05) is 11.6 Å². The molecule has 1 aromatic carbocycles. The van der Waals surface area contributed by atoms with Gasteiger partial charge in [-0.15, -0.1) is 0 Å². The van der Waals surface area contributed by atoms with Crippen LogP contribution in [0.15, 0.2) is 36.8 Å². The van der Waals surface area contributed by atoms with Crippen LogP contribution in [0.4, 0.5) is 0 Å². The summed E-state index contributed by atoms with van der Waals surface area (Å²) in [6.45, 7) is 1.24. The molecule has 1 N–H and O–H groups in total. The minimum Gasteiger partial charge on any atom is -0.495 e. The number of carbonyl (C=O) groups excluding carboxylic acids is 1. The number of hydrogen-bond acceptors (Lipinski definition) is 6. The molecular formula is C21H19ClN6O2. The Morgan fingerprint density at radius 1 is 1.27 bits per heavy atom. The number of aromatic amines is 1. The number of likely N-dealkylation sites (tertiary alicyclic amines) is 1. The number of H-pyrrole nitrogens is 1. The summed E-state index contributed by atoms with van der Waals surface area (Å²) in [5.41, 5.74) is 3.42. The minimum atomic E-state index is -0.101. The third-order valence-electron chi connectivity index (χ3n) is 5.55. The highest BCUT2D eigenvalue weighted by Gasteiger charge is 2.30. The molecule has 1 atom stereocenters. The molecule has 8 nitrogen and oxygen atoms in total. The van der Waals surface area contributed by atoms with Gasteiger partial charge in [-0.2, -0.15) is 5.10 Å². The average molecular weight is 423 g/mol. The lowest BCUT2D eigenvalue weighted by Crippen LogP contribution is -2.39. The highest BCUT2D eigenvalue weighted by Crippen LogP contribution is 2.33. The van der Waals surface area contributed by atoms with Crippen LogP contribution in [0, 0.1) is 0 Å². The van der Waals surface area contributed by atoms with E-state index in [1.807, 2.05) is 11.0 Å². The lowest BCUT2D eigenvalue weighted by Gasteiger charge is -2.32. The van der Waals surface area contributed by atoms with Gasteiger partial charge in [0.25, 0.3) is 5.91 Å². The second kappa shape index (κ2) is 7.53. The Bertz CT molecular complexity index is 1260. The van der Waals surface area contributed by atoms with Gasteiger partial charge in [0.15, 0.2) is 5.65 Å². The number of piperidine rings is 1. The molecule has 0 bridgehead atoms. The Balaban J connectivity index is 1.47. The first-order valence-corrected chi connectivity index (χ1v) is 10.1. The SMILES string of the molecule is COc1c(C(=O)N2CCCC(c3[nH]nc4nccnc34)C2)cnc2cc(Cl)ccc12. The van der Waals surface area contributed by atoms with Gasteiger partial charge in [0.05, 0.1) is 18.3 Å². The largest absolute Gasteiger partial charge is 0.495 e. The molecule has 0 spiro atoms. The summed E-state index contributed by atoms with van der Waals surface area (Å²) in [7, 11) is 1.56. The summed E-state index contributed by atoms with van der Waals surface area (Å²) in [6, 6.07) is 5.35. The number of benzene rings is 1. The van der Waals surface area contributed by atoms with Crippen LogP contribution in [0.3, 0.4) is 0 Å². The molecule has 4 heterocycles. The third-order valence-corrected chi connectivity index (χ3v) is 5.78. The van der Waals surface area contributed by atoms with Gasteiger partial charge in [-0.25, -0.2) is 9.97 Å². The van der Waals surface area contributed by atoms with E-state index >= 15 is 0 Å². The molecule has 0 radical (unpaired) electrons. The number of aromatic nitrogens is 5. The van der Waals surface area contributed by atoms with Gasteiger partial charge in [-0.3, -0.25) is 14.9 Å². The monoisotopic (exact) mass is 422 g/mol. The number of carbonyl (C=O) groups is 1. The quantitative estimate of drug-likeness (QED) is 0.542. The number of pyridine rings is 1. The molecule has 4 aromatic rings. The zero-order valence-electron chi connectivity index (χ0n) is 16.3. The van der Waals surface area contributed by atoms with Crippen LogP contribution >= 0.6 is 11.6 Å². The molecule has 30 heavy (non-hydrogen) atoms. The van der Waals surface area contributed by atoms with Crippen molar-refractivity contribution in [1.29, 1.82) is 0 Å². The molecule has 9 heteroatoms. The Labute approximate surface area is 177 Å². The molecular weight excluding hydrogens is 404 g/mol. The maximum atomic E-state index is 13.4. The number of methoxy groups -OCH3 is 1. The smallest absolute Gasteiger partial charge is 0.259 e. The van der Waals surface area contributed by atoms with Crippen LogP contribution in [0.5, 0.6) is 5.75 Å². The number of ether oxygens (including phenoxy) is 1. The normalized spacial score (nSPS) is 16.9. The van der Waals surface area contributed by atoms with Crippen molar-refractivity contribution in [3.05, 3.63) is 53.1 Å². The lowest BCUT2D eigenvalue weighted by molar-refractivity contribution is 0.0702. The lowest BCUT2D eigenvalue weighted by atomic mass is 9.93. The highest BCUT2D eigenvalue weighted by atomic mass is 35.5. The maximum Gasteiger partial charge on any atom is 0.259 e. The van der Waals surface area contributed by atoms with Gasteiger partial charge in [0.2, 0.25) is 0 Å². The van der Waals surface area contributed by atoms with E-state index in [1.54, 1.807) is 37.8 Å². The molecule has 0 saturated carbocycles. The second-order valence-electron chi connectivity index (χ2n) is 7.32. The van der Waals surface area contributed by atoms with Gasteiger partial charge < -0.3 is 9.64 Å². The van der Waals surface area contributed by atoms with E-state index in [0.29, 0.717) is 40.6 Å². The molecule has 5 rings (SSSR count). The fourth-order valence-corrected chi connectivity index (χ4v) is 4.30. The topological polar surface area (TPSA) is 96.9 Å². The van der Waals surface area contributed by atoms with Crippen molar-refractivity contribution in [1.82, 2.24) is 30.0 Å². The van der Waals surface area contributed by atoms with Crippen molar-refractivity contribution in [3.8, 4) is 5.75 Å². The van der Waals surface area contributed by atoms with Crippen molar-refractivity contribution in [3.63, 3.8) is 0 Å². The van der Waals surface area contributed by atoms with Crippen LogP contribution in [-0.2, 0) is 0 Å². The molecule has 1 saturated heterocycles. The van der Waals surface area contributed by atoms with Crippen LogP contribution in [0.25, 0.3) is 22.1 Å². The molecule has 1 fully saturated rings. The zero-order chi connectivity index (χ0) is 20.7. The fourth-order valence-electron chi connectivity index (χ4n) is 4.13. The number of nitrogens with one attached hydrogen (secondary N) is 1. The maximum absolute atomic E-state index is 13.4. The Morgan fingerprint density at radius 3 is 3.00 bits per heavy atom. The highest BCUT2D eigenvalue weighted by molar-refractivity contribution is 6.31. The van der Waals surface area contributed by atoms with Gasteiger partial charge in [0, 0.05) is 48.0 Å². The first-order chi connectivity index (χ1) is 14.7. The fraction of sp³-hybridized carbons (Fsp3) is 0.286. The van der Waals surface area contributed by atoms with Crippen molar-refractivity contribution >= 4 is 39.6 Å². The molecule has 152 valence electrons. The summed E-state index contributed by atoms with van der Waals surface area (Å²) < 4.78 is 5.60. The summed E-state index contributed by atoms with van der Waals surface area (Å²) in [5, 5.41) is 8.67. The Morgan fingerprint density at radius 2 is 2.13 bits per heavy atom. The predicted molar refractivity (Wildman–Crippen MR) is 113 cm³/mol. The van der Waals surface area contributed by atoms with Crippen LogP contribution in [0.2, 0.25) is 5.02 Å². The molecule has 3 aromatic heterocycles. The van der Waals surface area contributed by atoms with Gasteiger partial charge >= 0.3 is 0 Å². The summed E-state index contributed by atoms with van der Waals surface area (Å²) in [5.74, 6) is 0.528. The van der Waals surface area contributed by atoms with E-state index in [2.05, 4.69) is 25.1 Å². The first kappa shape index (κ1) is 18.7. The number of amides is 1.